The number of likely N-dealkylation sites (tertiary alicyclic amines) is 1. The second-order valence-electron chi connectivity index (χ2n) is 13.9. The van der Waals surface area contributed by atoms with Crippen molar-refractivity contribution < 1.29 is 28.8 Å². The van der Waals surface area contributed by atoms with Crippen LogP contribution >= 0.6 is 0 Å². The Balaban J connectivity index is 1.30. The van der Waals surface area contributed by atoms with E-state index < -0.39 is 11.6 Å². The average Bonchev–Trinajstić information content (AvgIpc) is 3.75. The molecule has 7 heteroatoms. The summed E-state index contributed by atoms with van der Waals surface area (Å²) < 4.78 is 26.4. The zero-order valence-corrected chi connectivity index (χ0v) is 24.8. The van der Waals surface area contributed by atoms with Crippen LogP contribution in [0.4, 0.5) is 0 Å². The number of fused-ring (bicyclic) bond motifs is 2. The molecular formula is C35H43NO6. The molecule has 5 aliphatic carbocycles. The van der Waals surface area contributed by atoms with Gasteiger partial charge in [-0.25, -0.2) is 0 Å². The van der Waals surface area contributed by atoms with Gasteiger partial charge in [-0.3, -0.25) is 9.69 Å². The lowest BCUT2D eigenvalue weighted by Crippen LogP contribution is -2.84. The molecule has 0 radical (unpaired) electrons. The number of ether oxygens (including phenoxy) is 4. The molecule has 0 aromatic heterocycles. The van der Waals surface area contributed by atoms with E-state index in [-0.39, 0.29) is 35.2 Å². The Kier molecular flexibility index (Phi) is 6.23. The topological polar surface area (TPSA) is 77.5 Å². The highest BCUT2D eigenvalue weighted by Crippen LogP contribution is 2.78. The fraction of sp³-hybridized carbons (Fsp3) is 0.629. The SMILES string of the molecule is COc1ccc2c3c1O[C@H]1[C@@]4(OC)CC[C@@]5([C@@H](COCc6ccccc6)[C@@H]4CCC(=O)O)[C@@H](C2)N(CC2CC2)CC[C@]315. The van der Waals surface area contributed by atoms with Crippen LogP contribution in [0.1, 0.15) is 61.6 Å². The fourth-order valence-electron chi connectivity index (χ4n) is 10.8. The summed E-state index contributed by atoms with van der Waals surface area (Å²) in [5, 5.41) is 9.89. The van der Waals surface area contributed by atoms with Crippen LogP contribution in [0.2, 0.25) is 0 Å². The van der Waals surface area contributed by atoms with Crippen molar-refractivity contribution in [1.29, 1.82) is 0 Å². The molecule has 4 bridgehead atoms. The highest BCUT2D eigenvalue weighted by atomic mass is 16.6. The molecule has 224 valence electrons. The van der Waals surface area contributed by atoms with Crippen molar-refractivity contribution in [2.45, 2.75) is 81.1 Å². The van der Waals surface area contributed by atoms with Crippen molar-refractivity contribution in [1.82, 2.24) is 4.90 Å². The van der Waals surface area contributed by atoms with E-state index in [1.807, 2.05) is 13.2 Å². The molecule has 42 heavy (non-hydrogen) atoms. The molecule has 2 aromatic carbocycles. The van der Waals surface area contributed by atoms with Gasteiger partial charge in [0.25, 0.3) is 0 Å². The maximum absolute atomic E-state index is 12.0. The number of piperidine rings is 1. The summed E-state index contributed by atoms with van der Waals surface area (Å²) in [4.78, 5) is 14.9. The summed E-state index contributed by atoms with van der Waals surface area (Å²) in [5.41, 5.74) is 3.05. The minimum Gasteiger partial charge on any atom is -0.493 e. The van der Waals surface area contributed by atoms with Crippen LogP contribution in [0.5, 0.6) is 11.5 Å². The average molecular weight is 574 g/mol. The van der Waals surface area contributed by atoms with Crippen molar-refractivity contribution >= 4 is 5.97 Å². The third-order valence-electron chi connectivity index (χ3n) is 12.4. The van der Waals surface area contributed by atoms with Crippen molar-refractivity contribution in [2.24, 2.45) is 23.2 Å². The van der Waals surface area contributed by atoms with Gasteiger partial charge in [0.15, 0.2) is 11.5 Å². The Morgan fingerprint density at radius 1 is 1.07 bits per heavy atom. The van der Waals surface area contributed by atoms with Gasteiger partial charge in [0.2, 0.25) is 0 Å². The summed E-state index contributed by atoms with van der Waals surface area (Å²) in [6.45, 7) is 3.38. The first-order valence-electron chi connectivity index (χ1n) is 16.0. The number of methoxy groups -OCH3 is 2. The zero-order chi connectivity index (χ0) is 28.7. The van der Waals surface area contributed by atoms with Gasteiger partial charge in [0.1, 0.15) is 11.7 Å². The molecule has 0 unspecified atom stereocenters. The summed E-state index contributed by atoms with van der Waals surface area (Å²) in [6.07, 6.45) is 7.15. The zero-order valence-electron chi connectivity index (χ0n) is 24.8. The lowest BCUT2D eigenvalue weighted by atomic mass is 9.31. The largest absolute Gasteiger partial charge is 0.493 e. The van der Waals surface area contributed by atoms with Gasteiger partial charge in [-0.1, -0.05) is 36.4 Å². The standard InChI is InChI=1S/C35H43NO6/c1-39-27-12-10-24-18-28-33-14-15-35(40-2,25(11-13-29(37)38)26(33)21-41-20-23-6-4-3-5-7-23)32-34(33,30(24)31(27)42-32)16-17-36(28)19-22-8-9-22/h3-7,10,12,22,25-26,28,32H,8-9,11,13-21H2,1-2H3,(H,37,38)/t25-,26-,28+,32+,33+,34-,35+/m0/s1. The molecule has 1 saturated heterocycles. The Morgan fingerprint density at radius 3 is 2.64 bits per heavy atom. The van der Waals surface area contributed by atoms with Crippen LogP contribution in [0.3, 0.4) is 0 Å². The number of rotatable bonds is 11. The molecule has 4 saturated carbocycles. The van der Waals surface area contributed by atoms with Crippen LogP contribution in [0, 0.1) is 23.2 Å². The second-order valence-corrected chi connectivity index (χ2v) is 13.9. The number of hydrogen-bond donors (Lipinski definition) is 1. The summed E-state index contributed by atoms with van der Waals surface area (Å²) >= 11 is 0. The van der Waals surface area contributed by atoms with Gasteiger partial charge in [0.05, 0.1) is 20.3 Å². The monoisotopic (exact) mass is 573 g/mol. The lowest BCUT2D eigenvalue weighted by molar-refractivity contribution is -0.312. The van der Waals surface area contributed by atoms with Crippen molar-refractivity contribution in [3.63, 3.8) is 0 Å². The number of nitrogens with zero attached hydrogens (tertiary/aromatic N) is 1. The van der Waals surface area contributed by atoms with E-state index in [1.165, 1.54) is 30.5 Å². The molecule has 7 nitrogen and oxygen atoms in total. The Morgan fingerprint density at radius 2 is 1.90 bits per heavy atom. The maximum atomic E-state index is 12.0. The minimum atomic E-state index is -0.752. The maximum Gasteiger partial charge on any atom is 0.303 e. The predicted octanol–water partition coefficient (Wildman–Crippen LogP) is 5.23. The quantitative estimate of drug-likeness (QED) is 0.395. The molecule has 9 rings (SSSR count). The number of benzene rings is 2. The Hall–Kier alpha value is -2.61. The summed E-state index contributed by atoms with van der Waals surface area (Å²) in [6, 6.07) is 15.1. The Bertz CT molecular complexity index is 1380. The molecule has 2 aromatic rings. The molecule has 1 N–H and O–H groups in total. The van der Waals surface area contributed by atoms with E-state index in [4.69, 9.17) is 18.9 Å². The van der Waals surface area contributed by atoms with Gasteiger partial charge in [-0.05, 0) is 86.4 Å². The third kappa shape index (κ3) is 3.47. The van der Waals surface area contributed by atoms with Crippen LogP contribution < -0.4 is 9.47 Å². The number of hydrogen-bond acceptors (Lipinski definition) is 6. The first-order valence-corrected chi connectivity index (χ1v) is 16.0. The van der Waals surface area contributed by atoms with Crippen molar-refractivity contribution in [3.05, 3.63) is 59.2 Å². The van der Waals surface area contributed by atoms with Gasteiger partial charge < -0.3 is 24.1 Å². The van der Waals surface area contributed by atoms with E-state index >= 15 is 0 Å². The Labute approximate surface area is 248 Å². The second kappa shape index (κ2) is 9.70. The minimum absolute atomic E-state index is 0.0199. The first-order chi connectivity index (χ1) is 20.5. The molecule has 7 aliphatic rings. The van der Waals surface area contributed by atoms with E-state index in [0.29, 0.717) is 25.7 Å². The number of aliphatic carboxylic acids is 1. The molecule has 7 atom stereocenters. The van der Waals surface area contributed by atoms with Gasteiger partial charge in [-0.15, -0.1) is 0 Å². The van der Waals surface area contributed by atoms with Crippen LogP contribution in [-0.4, -0.2) is 67.6 Å². The third-order valence-corrected chi connectivity index (χ3v) is 12.4. The molecule has 5 fully saturated rings. The number of carboxylic acids is 1. The lowest BCUT2D eigenvalue weighted by Gasteiger charge is -2.76. The normalized spacial score (nSPS) is 37.3. The summed E-state index contributed by atoms with van der Waals surface area (Å²) in [7, 11) is 3.56. The molecule has 2 spiro atoms. The fourth-order valence-corrected chi connectivity index (χ4v) is 10.8. The van der Waals surface area contributed by atoms with Crippen molar-refractivity contribution in [3.8, 4) is 11.5 Å². The highest BCUT2D eigenvalue weighted by Gasteiger charge is 2.83. The number of carbonyl (C=O) groups is 1. The predicted molar refractivity (Wildman–Crippen MR) is 157 cm³/mol. The number of carboxylic acid groups (broad SMARTS) is 1. The van der Waals surface area contributed by atoms with E-state index in [0.717, 1.165) is 55.2 Å². The van der Waals surface area contributed by atoms with E-state index in [1.54, 1.807) is 7.11 Å². The first kappa shape index (κ1) is 27.0. The van der Waals surface area contributed by atoms with Crippen LogP contribution in [-0.2, 0) is 32.7 Å². The van der Waals surface area contributed by atoms with E-state index in [2.05, 4.69) is 41.3 Å². The van der Waals surface area contributed by atoms with Gasteiger partial charge >= 0.3 is 5.97 Å². The van der Waals surface area contributed by atoms with Crippen molar-refractivity contribution in [2.75, 3.05) is 33.9 Å². The van der Waals surface area contributed by atoms with Crippen LogP contribution in [0.15, 0.2) is 42.5 Å². The smallest absolute Gasteiger partial charge is 0.303 e. The molecular weight excluding hydrogens is 530 g/mol. The van der Waals surface area contributed by atoms with E-state index in [9.17, 15) is 9.90 Å². The molecule has 0 amide bonds. The van der Waals surface area contributed by atoms with Crippen LogP contribution in [0.25, 0.3) is 0 Å². The highest BCUT2D eigenvalue weighted by molar-refractivity contribution is 5.67. The summed E-state index contributed by atoms with van der Waals surface area (Å²) in [5.74, 6) is 1.94. The van der Waals surface area contributed by atoms with Gasteiger partial charge in [-0.2, -0.15) is 0 Å². The molecule has 2 heterocycles. The van der Waals surface area contributed by atoms with Gasteiger partial charge in [0, 0.05) is 42.5 Å². The molecule has 2 aliphatic heterocycles.